The van der Waals surface area contributed by atoms with E-state index in [2.05, 4.69) is 21.3 Å². The van der Waals surface area contributed by atoms with Crippen molar-refractivity contribution in [1.29, 1.82) is 0 Å². The standard InChI is InChI=1S/C42H40N4O7S2/c1-5-52-34-23-14-13-18-29(34)24-33(45-38(48)28-16-9-7-10-17-28)39(49)44-31-21-15-22-32(25-31)54-27(4)37(47)46-41-35(42(51)53-6-2)26(3)36(55-41)40(50)43-30-19-11-8-12-20-30/h7-25,27H,5-6H2,1-4H3,(H,43,50)(H,44,49)(H,45,48)(H,46,47)/b33-24+. The first-order chi connectivity index (χ1) is 26.6. The number of para-hydroxylation sites is 2. The van der Waals surface area contributed by atoms with Gasteiger partial charge in [-0.25, -0.2) is 4.79 Å². The quantitative estimate of drug-likeness (QED) is 0.0470. The third kappa shape index (κ3) is 10.7. The summed E-state index contributed by atoms with van der Waals surface area (Å²) >= 11 is 2.22. The van der Waals surface area contributed by atoms with Crippen LogP contribution in [-0.2, 0) is 14.3 Å². The maximum absolute atomic E-state index is 13.7. The van der Waals surface area contributed by atoms with E-state index >= 15 is 0 Å². The van der Waals surface area contributed by atoms with E-state index in [1.165, 1.54) is 11.8 Å². The number of hydrogen-bond donors (Lipinski definition) is 4. The summed E-state index contributed by atoms with van der Waals surface area (Å²) < 4.78 is 11.0. The maximum Gasteiger partial charge on any atom is 0.341 e. The Hall–Kier alpha value is -6.18. The largest absolute Gasteiger partial charge is 0.493 e. The Bertz CT molecular complexity index is 2200. The summed E-state index contributed by atoms with van der Waals surface area (Å²) in [7, 11) is 0. The number of thiophene rings is 1. The third-order valence-corrected chi connectivity index (χ3v) is 10.2. The fourth-order valence-corrected chi connectivity index (χ4v) is 7.30. The number of anilines is 3. The van der Waals surface area contributed by atoms with Crippen molar-refractivity contribution in [2.24, 2.45) is 0 Å². The molecule has 1 atom stereocenters. The number of benzene rings is 4. The molecule has 0 aliphatic rings. The van der Waals surface area contributed by atoms with Crippen molar-refractivity contribution in [1.82, 2.24) is 5.32 Å². The van der Waals surface area contributed by atoms with Crippen molar-refractivity contribution in [3.8, 4) is 5.75 Å². The number of carbonyl (C=O) groups is 5. The Morgan fingerprint density at radius 1 is 0.764 bits per heavy atom. The summed E-state index contributed by atoms with van der Waals surface area (Å²) in [6.45, 7) is 7.40. The predicted octanol–water partition coefficient (Wildman–Crippen LogP) is 8.41. The van der Waals surface area contributed by atoms with Crippen LogP contribution in [0.5, 0.6) is 5.75 Å². The first-order valence-electron chi connectivity index (χ1n) is 17.4. The summed E-state index contributed by atoms with van der Waals surface area (Å²) in [6.07, 6.45) is 1.56. The zero-order valence-corrected chi connectivity index (χ0v) is 32.3. The van der Waals surface area contributed by atoms with E-state index in [9.17, 15) is 24.0 Å². The third-order valence-electron chi connectivity index (χ3n) is 7.92. The molecule has 0 saturated carbocycles. The molecular weight excluding hydrogens is 737 g/mol. The molecule has 1 unspecified atom stereocenters. The number of nitrogens with one attached hydrogen (secondary N) is 4. The van der Waals surface area contributed by atoms with Gasteiger partial charge < -0.3 is 30.7 Å². The topological polar surface area (TPSA) is 152 Å². The fraction of sp³-hybridized carbons (Fsp3) is 0.167. The van der Waals surface area contributed by atoms with E-state index in [0.29, 0.717) is 45.3 Å². The van der Waals surface area contributed by atoms with E-state index in [1.54, 1.807) is 124 Å². The van der Waals surface area contributed by atoms with Crippen LogP contribution in [0.1, 0.15) is 62.3 Å². The molecule has 1 aromatic heterocycles. The zero-order chi connectivity index (χ0) is 39.3. The average molecular weight is 777 g/mol. The molecule has 1 heterocycles. The molecule has 0 radical (unpaired) electrons. The summed E-state index contributed by atoms with van der Waals surface area (Å²) in [5, 5.41) is 10.8. The molecule has 5 aromatic rings. The monoisotopic (exact) mass is 776 g/mol. The molecule has 0 fully saturated rings. The molecule has 4 N–H and O–H groups in total. The van der Waals surface area contributed by atoms with Crippen LogP contribution in [-0.4, -0.2) is 48.1 Å². The molecule has 55 heavy (non-hydrogen) atoms. The minimum absolute atomic E-state index is 0.00715. The van der Waals surface area contributed by atoms with Gasteiger partial charge in [-0.15, -0.1) is 23.1 Å². The van der Waals surface area contributed by atoms with E-state index < -0.39 is 34.8 Å². The van der Waals surface area contributed by atoms with Crippen LogP contribution in [0.4, 0.5) is 16.4 Å². The van der Waals surface area contributed by atoms with Crippen molar-refractivity contribution < 1.29 is 33.4 Å². The molecule has 0 aliphatic heterocycles. The van der Waals surface area contributed by atoms with Gasteiger partial charge in [-0.2, -0.15) is 0 Å². The molecule has 0 bridgehead atoms. The number of thioether (sulfide) groups is 1. The Balaban J connectivity index is 1.32. The van der Waals surface area contributed by atoms with E-state index in [4.69, 9.17) is 9.47 Å². The molecule has 5 rings (SSSR count). The average Bonchev–Trinajstić information content (AvgIpc) is 3.51. The highest BCUT2D eigenvalue weighted by Gasteiger charge is 2.28. The summed E-state index contributed by atoms with van der Waals surface area (Å²) in [4.78, 5) is 67.6. The first kappa shape index (κ1) is 40.0. The van der Waals surface area contributed by atoms with Gasteiger partial charge in [0.15, 0.2) is 0 Å². The Kier molecular flexibility index (Phi) is 14.0. The first-order valence-corrected chi connectivity index (χ1v) is 19.1. The fourth-order valence-electron chi connectivity index (χ4n) is 5.28. The summed E-state index contributed by atoms with van der Waals surface area (Å²) in [6, 6.07) is 31.6. The van der Waals surface area contributed by atoms with Crippen LogP contribution in [0.3, 0.4) is 0 Å². The van der Waals surface area contributed by atoms with Gasteiger partial charge in [-0.05, 0) is 87.9 Å². The van der Waals surface area contributed by atoms with Gasteiger partial charge in [0.05, 0.1) is 28.9 Å². The van der Waals surface area contributed by atoms with Crippen LogP contribution in [0, 0.1) is 6.92 Å². The van der Waals surface area contributed by atoms with Gasteiger partial charge in [0, 0.05) is 27.4 Å². The molecule has 4 amide bonds. The molecule has 282 valence electrons. The Labute approximate surface area is 327 Å². The van der Waals surface area contributed by atoms with Crippen LogP contribution >= 0.6 is 23.1 Å². The number of amides is 4. The molecule has 13 heteroatoms. The van der Waals surface area contributed by atoms with E-state index in [0.717, 1.165) is 11.3 Å². The number of esters is 1. The second-order valence-electron chi connectivity index (χ2n) is 11.9. The van der Waals surface area contributed by atoms with Crippen molar-refractivity contribution in [3.05, 3.63) is 142 Å². The van der Waals surface area contributed by atoms with Gasteiger partial charge >= 0.3 is 5.97 Å². The highest BCUT2D eigenvalue weighted by atomic mass is 32.2. The molecule has 11 nitrogen and oxygen atoms in total. The maximum atomic E-state index is 13.7. The van der Waals surface area contributed by atoms with E-state index in [1.807, 2.05) is 19.1 Å². The van der Waals surface area contributed by atoms with Gasteiger partial charge in [0.1, 0.15) is 16.4 Å². The molecular formula is C42H40N4O7S2. The SMILES string of the molecule is CCOC(=O)c1c(NC(=O)C(C)Sc2cccc(NC(=O)/C(=C\c3ccccc3OCC)NC(=O)c3ccccc3)c2)sc(C(=O)Nc2ccccc2)c1C. The van der Waals surface area contributed by atoms with Crippen LogP contribution in [0.25, 0.3) is 6.08 Å². The number of carbonyl (C=O) groups excluding carboxylic acids is 5. The minimum Gasteiger partial charge on any atom is -0.493 e. The van der Waals surface area contributed by atoms with Gasteiger partial charge in [0.25, 0.3) is 17.7 Å². The lowest BCUT2D eigenvalue weighted by Gasteiger charge is -2.15. The normalized spacial score (nSPS) is 11.5. The molecule has 4 aromatic carbocycles. The molecule has 0 aliphatic carbocycles. The van der Waals surface area contributed by atoms with Crippen molar-refractivity contribution in [3.63, 3.8) is 0 Å². The highest BCUT2D eigenvalue weighted by Crippen LogP contribution is 2.36. The summed E-state index contributed by atoms with van der Waals surface area (Å²) in [5.41, 5.74) is 2.49. The molecule has 0 spiro atoms. The lowest BCUT2D eigenvalue weighted by Crippen LogP contribution is -2.30. The van der Waals surface area contributed by atoms with Crippen LogP contribution in [0.15, 0.2) is 120 Å². The minimum atomic E-state index is -0.666. The zero-order valence-electron chi connectivity index (χ0n) is 30.6. The van der Waals surface area contributed by atoms with Gasteiger partial charge in [-0.3, -0.25) is 19.2 Å². The van der Waals surface area contributed by atoms with E-state index in [-0.39, 0.29) is 27.7 Å². The van der Waals surface area contributed by atoms with Crippen molar-refractivity contribution in [2.75, 3.05) is 29.2 Å². The highest BCUT2D eigenvalue weighted by molar-refractivity contribution is 8.00. The molecule has 0 saturated heterocycles. The Morgan fingerprint density at radius 3 is 2.15 bits per heavy atom. The lowest BCUT2D eigenvalue weighted by molar-refractivity contribution is -0.115. The summed E-state index contributed by atoms with van der Waals surface area (Å²) in [5.74, 6) is -1.97. The van der Waals surface area contributed by atoms with Crippen LogP contribution in [0.2, 0.25) is 0 Å². The smallest absolute Gasteiger partial charge is 0.341 e. The second-order valence-corrected chi connectivity index (χ2v) is 14.3. The number of ether oxygens (including phenoxy) is 2. The number of hydrogen-bond acceptors (Lipinski definition) is 9. The van der Waals surface area contributed by atoms with Gasteiger partial charge in [-0.1, -0.05) is 60.7 Å². The van der Waals surface area contributed by atoms with Gasteiger partial charge in [0.2, 0.25) is 5.91 Å². The Morgan fingerprint density at radius 2 is 1.44 bits per heavy atom. The lowest BCUT2D eigenvalue weighted by atomic mass is 10.1. The predicted molar refractivity (Wildman–Crippen MR) is 218 cm³/mol. The number of rotatable bonds is 15. The van der Waals surface area contributed by atoms with Crippen molar-refractivity contribution in [2.45, 2.75) is 37.8 Å². The van der Waals surface area contributed by atoms with Crippen molar-refractivity contribution >= 4 is 75.1 Å². The second kappa shape index (κ2) is 19.2. The van der Waals surface area contributed by atoms with Crippen LogP contribution < -0.4 is 26.0 Å².